The first-order chi connectivity index (χ1) is 9.73. The second kappa shape index (κ2) is 6.18. The molecular weight excluding hydrogens is 330 g/mol. The van der Waals surface area contributed by atoms with E-state index in [-0.39, 0.29) is 20.9 Å². The SMILES string of the molecule is CC1CN(C)CCN1S(=O)(=O)c1ccc(C(N)=S)c(Cl)c1. The number of hydrogen-bond acceptors (Lipinski definition) is 4. The average molecular weight is 348 g/mol. The van der Waals surface area contributed by atoms with Crippen LogP contribution in [0.3, 0.4) is 0 Å². The molecule has 1 heterocycles. The van der Waals surface area contributed by atoms with Crippen molar-refractivity contribution in [3.05, 3.63) is 28.8 Å². The Morgan fingerprint density at radius 1 is 1.43 bits per heavy atom. The molecule has 0 amide bonds. The van der Waals surface area contributed by atoms with Crippen molar-refractivity contribution < 1.29 is 8.42 Å². The van der Waals surface area contributed by atoms with Gasteiger partial charge >= 0.3 is 0 Å². The Hall–Kier alpha value is -0.730. The molecule has 1 unspecified atom stereocenters. The highest BCUT2D eigenvalue weighted by Crippen LogP contribution is 2.25. The molecule has 0 bridgehead atoms. The lowest BCUT2D eigenvalue weighted by molar-refractivity contribution is 0.170. The maximum absolute atomic E-state index is 12.7. The molecule has 2 N–H and O–H groups in total. The highest BCUT2D eigenvalue weighted by Gasteiger charge is 2.32. The van der Waals surface area contributed by atoms with Gasteiger partial charge in [0.25, 0.3) is 0 Å². The quantitative estimate of drug-likeness (QED) is 0.835. The molecule has 1 fully saturated rings. The van der Waals surface area contributed by atoms with Crippen LogP contribution in [0, 0.1) is 0 Å². The monoisotopic (exact) mass is 347 g/mol. The van der Waals surface area contributed by atoms with Crippen molar-refractivity contribution in [3.8, 4) is 0 Å². The second-order valence-corrected chi connectivity index (χ2v) is 7.97. The van der Waals surface area contributed by atoms with Gasteiger partial charge in [-0.05, 0) is 32.2 Å². The molecule has 0 aliphatic carbocycles. The van der Waals surface area contributed by atoms with Crippen molar-refractivity contribution in [3.63, 3.8) is 0 Å². The number of benzene rings is 1. The highest BCUT2D eigenvalue weighted by atomic mass is 35.5. The molecule has 21 heavy (non-hydrogen) atoms. The third kappa shape index (κ3) is 3.37. The predicted molar refractivity (Wildman–Crippen MR) is 88.2 cm³/mol. The maximum atomic E-state index is 12.7. The lowest BCUT2D eigenvalue weighted by Gasteiger charge is -2.37. The van der Waals surface area contributed by atoms with Gasteiger partial charge in [-0.25, -0.2) is 8.42 Å². The van der Waals surface area contributed by atoms with Gasteiger partial charge in [0.15, 0.2) is 0 Å². The summed E-state index contributed by atoms with van der Waals surface area (Å²) < 4.78 is 27.0. The summed E-state index contributed by atoms with van der Waals surface area (Å²) in [6.45, 7) is 3.78. The minimum absolute atomic E-state index is 0.0808. The molecule has 0 spiro atoms. The molecule has 5 nitrogen and oxygen atoms in total. The molecule has 8 heteroatoms. The van der Waals surface area contributed by atoms with Crippen molar-refractivity contribution in [2.45, 2.75) is 17.9 Å². The third-order valence-corrected chi connectivity index (χ3v) is 6.12. The molecule has 0 radical (unpaired) electrons. The largest absolute Gasteiger partial charge is 0.389 e. The molecule has 0 aromatic heterocycles. The van der Waals surface area contributed by atoms with E-state index in [4.69, 9.17) is 29.6 Å². The number of halogens is 1. The summed E-state index contributed by atoms with van der Waals surface area (Å²) in [6, 6.07) is 4.39. The van der Waals surface area contributed by atoms with Crippen LogP contribution in [0.1, 0.15) is 12.5 Å². The van der Waals surface area contributed by atoms with Crippen molar-refractivity contribution in [2.75, 3.05) is 26.7 Å². The second-order valence-electron chi connectivity index (χ2n) is 5.23. The number of piperazine rings is 1. The lowest BCUT2D eigenvalue weighted by Crippen LogP contribution is -2.52. The van der Waals surface area contributed by atoms with E-state index in [2.05, 4.69) is 4.90 Å². The minimum atomic E-state index is -3.56. The molecule has 1 aliphatic heterocycles. The summed E-state index contributed by atoms with van der Waals surface area (Å²) in [4.78, 5) is 2.43. The molecule has 2 rings (SSSR count). The average Bonchev–Trinajstić information content (AvgIpc) is 2.37. The van der Waals surface area contributed by atoms with Gasteiger partial charge in [-0.15, -0.1) is 0 Å². The van der Waals surface area contributed by atoms with E-state index in [0.717, 1.165) is 0 Å². The Labute approximate surface area is 135 Å². The Kier molecular flexibility index (Phi) is 4.89. The van der Waals surface area contributed by atoms with Crippen molar-refractivity contribution in [2.24, 2.45) is 5.73 Å². The smallest absolute Gasteiger partial charge is 0.243 e. The number of thiocarbonyl (C=S) groups is 1. The molecule has 1 aromatic rings. The van der Waals surface area contributed by atoms with Crippen LogP contribution in [0.15, 0.2) is 23.1 Å². The topological polar surface area (TPSA) is 66.6 Å². The Bertz CT molecular complexity index is 663. The van der Waals surface area contributed by atoms with E-state index in [0.29, 0.717) is 25.2 Å². The Morgan fingerprint density at radius 2 is 2.10 bits per heavy atom. The lowest BCUT2D eigenvalue weighted by atomic mass is 10.2. The maximum Gasteiger partial charge on any atom is 0.243 e. The fraction of sp³-hybridized carbons (Fsp3) is 0.462. The zero-order valence-electron chi connectivity index (χ0n) is 11.9. The van der Waals surface area contributed by atoms with Crippen LogP contribution in [-0.2, 0) is 10.0 Å². The molecule has 1 atom stereocenters. The number of hydrogen-bond donors (Lipinski definition) is 1. The first kappa shape index (κ1) is 16.6. The highest BCUT2D eigenvalue weighted by molar-refractivity contribution is 7.89. The van der Waals surface area contributed by atoms with Crippen molar-refractivity contribution in [1.29, 1.82) is 0 Å². The van der Waals surface area contributed by atoms with Gasteiger partial charge in [0.05, 0.1) is 9.92 Å². The van der Waals surface area contributed by atoms with Crippen LogP contribution in [0.4, 0.5) is 0 Å². The van der Waals surface area contributed by atoms with Gasteiger partial charge in [0.1, 0.15) is 4.99 Å². The zero-order valence-corrected chi connectivity index (χ0v) is 14.3. The summed E-state index contributed by atoms with van der Waals surface area (Å²) in [6.07, 6.45) is 0. The molecular formula is C13H18ClN3O2S2. The van der Waals surface area contributed by atoms with Gasteiger partial charge in [-0.2, -0.15) is 4.31 Å². The van der Waals surface area contributed by atoms with Gasteiger partial charge < -0.3 is 10.6 Å². The molecule has 0 saturated carbocycles. The summed E-state index contributed by atoms with van der Waals surface area (Å²) in [5.74, 6) is 0. The first-order valence-electron chi connectivity index (χ1n) is 6.53. The normalized spacial score (nSPS) is 21.4. The van der Waals surface area contributed by atoms with E-state index in [1.54, 1.807) is 6.07 Å². The van der Waals surface area contributed by atoms with Crippen LogP contribution in [0.25, 0.3) is 0 Å². The van der Waals surface area contributed by atoms with E-state index in [1.165, 1.54) is 16.4 Å². The van der Waals surface area contributed by atoms with Crippen molar-refractivity contribution >= 4 is 38.8 Å². The van der Waals surface area contributed by atoms with Crippen LogP contribution >= 0.6 is 23.8 Å². The summed E-state index contributed by atoms with van der Waals surface area (Å²) in [5.41, 5.74) is 6.02. The molecule has 116 valence electrons. The fourth-order valence-corrected chi connectivity index (χ4v) is 4.69. The van der Waals surface area contributed by atoms with Crippen LogP contribution < -0.4 is 5.73 Å². The van der Waals surface area contributed by atoms with E-state index in [1.807, 2.05) is 14.0 Å². The number of likely N-dealkylation sites (N-methyl/N-ethyl adjacent to an activating group) is 1. The number of rotatable bonds is 3. The number of nitrogens with two attached hydrogens (primary N) is 1. The predicted octanol–water partition coefficient (Wildman–Crippen LogP) is 1.30. The van der Waals surface area contributed by atoms with Gasteiger partial charge in [0.2, 0.25) is 10.0 Å². The molecule has 1 aromatic carbocycles. The number of sulfonamides is 1. The zero-order chi connectivity index (χ0) is 15.8. The number of nitrogens with zero attached hydrogens (tertiary/aromatic N) is 2. The standard InChI is InChI=1S/C13H18ClN3O2S2/c1-9-8-16(2)5-6-17(9)21(18,19)10-3-4-11(13(15)20)12(14)7-10/h3-4,7,9H,5-6,8H2,1-2H3,(H2,15,20). The molecule has 1 saturated heterocycles. The Balaban J connectivity index is 2.36. The molecule has 1 aliphatic rings. The summed E-state index contributed by atoms with van der Waals surface area (Å²) in [7, 11) is -1.58. The third-order valence-electron chi connectivity index (χ3n) is 3.58. The van der Waals surface area contributed by atoms with E-state index >= 15 is 0 Å². The first-order valence-corrected chi connectivity index (χ1v) is 8.76. The summed E-state index contributed by atoms with van der Waals surface area (Å²) in [5, 5.41) is 0.255. The van der Waals surface area contributed by atoms with Gasteiger partial charge in [-0.1, -0.05) is 23.8 Å². The minimum Gasteiger partial charge on any atom is -0.389 e. The van der Waals surface area contributed by atoms with E-state index < -0.39 is 10.0 Å². The van der Waals surface area contributed by atoms with Gasteiger partial charge in [-0.3, -0.25) is 0 Å². The van der Waals surface area contributed by atoms with Crippen LogP contribution in [0.2, 0.25) is 5.02 Å². The van der Waals surface area contributed by atoms with Crippen molar-refractivity contribution in [1.82, 2.24) is 9.21 Å². The fourth-order valence-electron chi connectivity index (χ4n) is 2.47. The van der Waals surface area contributed by atoms with Crippen LogP contribution in [-0.4, -0.2) is 55.3 Å². The van der Waals surface area contributed by atoms with E-state index in [9.17, 15) is 8.42 Å². The van der Waals surface area contributed by atoms with Crippen LogP contribution in [0.5, 0.6) is 0 Å². The Morgan fingerprint density at radius 3 is 2.62 bits per heavy atom. The van der Waals surface area contributed by atoms with Gasteiger partial charge in [0, 0.05) is 31.2 Å². The summed E-state index contributed by atoms with van der Waals surface area (Å²) >= 11 is 10.9.